The minimum atomic E-state index is -0.331. The van der Waals surface area contributed by atoms with E-state index in [1.165, 1.54) is 21.3 Å². The lowest BCUT2D eigenvalue weighted by atomic mass is 10.0. The van der Waals surface area contributed by atoms with Crippen molar-refractivity contribution in [2.24, 2.45) is 5.92 Å². The third-order valence-corrected chi connectivity index (χ3v) is 5.58. The van der Waals surface area contributed by atoms with E-state index in [4.69, 9.17) is 14.2 Å². The Labute approximate surface area is 165 Å². The number of hydrogen-bond acceptors (Lipinski definition) is 6. The first-order valence-corrected chi connectivity index (χ1v) is 9.58. The van der Waals surface area contributed by atoms with Crippen molar-refractivity contribution in [3.05, 3.63) is 12.1 Å². The molecule has 1 aromatic carbocycles. The van der Waals surface area contributed by atoms with Crippen LogP contribution in [0.15, 0.2) is 12.1 Å². The fourth-order valence-electron chi connectivity index (χ4n) is 4.02. The van der Waals surface area contributed by atoms with Crippen LogP contribution in [0, 0.1) is 5.92 Å². The molecule has 0 saturated carbocycles. The number of amides is 2. The van der Waals surface area contributed by atoms with E-state index in [1.54, 1.807) is 17.0 Å². The summed E-state index contributed by atoms with van der Waals surface area (Å²) in [5.74, 6) is 1.08. The molecular formula is C20H29N3O5. The first-order valence-electron chi connectivity index (χ1n) is 9.58. The number of likely N-dealkylation sites (tertiary alicyclic amines) is 1. The number of methoxy groups -OCH3 is 3. The molecule has 0 aromatic heterocycles. The van der Waals surface area contributed by atoms with Gasteiger partial charge in [-0.1, -0.05) is 0 Å². The molecule has 8 heteroatoms. The number of ether oxygens (including phenoxy) is 3. The molecule has 28 heavy (non-hydrogen) atoms. The number of nitrogens with one attached hydrogen (secondary N) is 1. The molecule has 2 fully saturated rings. The van der Waals surface area contributed by atoms with E-state index in [-0.39, 0.29) is 24.2 Å². The Morgan fingerprint density at radius 2 is 1.79 bits per heavy atom. The number of anilines is 1. The van der Waals surface area contributed by atoms with E-state index >= 15 is 0 Å². The number of benzene rings is 1. The van der Waals surface area contributed by atoms with Crippen LogP contribution in [0.3, 0.4) is 0 Å². The van der Waals surface area contributed by atoms with Crippen molar-refractivity contribution in [1.82, 2.24) is 10.2 Å². The summed E-state index contributed by atoms with van der Waals surface area (Å²) < 4.78 is 16.1. The van der Waals surface area contributed by atoms with E-state index in [0.717, 1.165) is 19.4 Å². The monoisotopic (exact) mass is 391 g/mol. The SMILES string of the molecule is CNC1CCCN(C(=O)C2CC(=O)N(c3cc(OC)c(OC)c(OC)c3)C2)C1. The van der Waals surface area contributed by atoms with E-state index in [1.807, 2.05) is 11.9 Å². The average molecular weight is 391 g/mol. The maximum atomic E-state index is 13.0. The summed E-state index contributed by atoms with van der Waals surface area (Å²) in [6.45, 7) is 1.81. The average Bonchev–Trinajstić information content (AvgIpc) is 3.13. The maximum Gasteiger partial charge on any atom is 0.228 e. The molecule has 2 unspecified atom stereocenters. The Morgan fingerprint density at radius 3 is 2.36 bits per heavy atom. The number of rotatable bonds is 6. The summed E-state index contributed by atoms with van der Waals surface area (Å²) in [6.07, 6.45) is 2.27. The predicted molar refractivity (Wildman–Crippen MR) is 105 cm³/mol. The zero-order chi connectivity index (χ0) is 20.3. The van der Waals surface area contributed by atoms with Gasteiger partial charge in [0.25, 0.3) is 0 Å². The van der Waals surface area contributed by atoms with Gasteiger partial charge in [-0.15, -0.1) is 0 Å². The lowest BCUT2D eigenvalue weighted by molar-refractivity contribution is -0.137. The molecule has 1 aromatic rings. The molecule has 2 aliphatic rings. The van der Waals surface area contributed by atoms with Gasteiger partial charge in [0, 0.05) is 44.2 Å². The Kier molecular flexibility index (Phi) is 6.28. The number of nitrogens with zero attached hydrogens (tertiary/aromatic N) is 2. The lowest BCUT2D eigenvalue weighted by Gasteiger charge is -2.34. The van der Waals surface area contributed by atoms with Gasteiger partial charge in [-0.2, -0.15) is 0 Å². The molecule has 2 heterocycles. The van der Waals surface area contributed by atoms with Crippen molar-refractivity contribution in [2.45, 2.75) is 25.3 Å². The Bertz CT molecular complexity index is 714. The molecule has 2 saturated heterocycles. The van der Waals surface area contributed by atoms with E-state index < -0.39 is 0 Å². The van der Waals surface area contributed by atoms with E-state index in [9.17, 15) is 9.59 Å². The zero-order valence-corrected chi connectivity index (χ0v) is 17.0. The van der Waals surface area contributed by atoms with Gasteiger partial charge >= 0.3 is 0 Å². The highest BCUT2D eigenvalue weighted by molar-refractivity contribution is 6.00. The van der Waals surface area contributed by atoms with E-state index in [2.05, 4.69) is 5.32 Å². The molecule has 2 atom stereocenters. The minimum Gasteiger partial charge on any atom is -0.493 e. The topological polar surface area (TPSA) is 80.3 Å². The van der Waals surface area contributed by atoms with Gasteiger partial charge in [0.15, 0.2) is 11.5 Å². The second-order valence-corrected chi connectivity index (χ2v) is 7.20. The molecule has 0 aliphatic carbocycles. The van der Waals surface area contributed by atoms with Crippen molar-refractivity contribution in [2.75, 3.05) is 52.9 Å². The van der Waals surface area contributed by atoms with Crippen LogP contribution in [-0.4, -0.2) is 70.8 Å². The molecular weight excluding hydrogens is 362 g/mol. The van der Waals surface area contributed by atoms with Crippen molar-refractivity contribution in [3.8, 4) is 17.2 Å². The Morgan fingerprint density at radius 1 is 1.11 bits per heavy atom. The second kappa shape index (κ2) is 8.68. The summed E-state index contributed by atoms with van der Waals surface area (Å²) in [4.78, 5) is 29.2. The highest BCUT2D eigenvalue weighted by Crippen LogP contribution is 2.42. The first-order chi connectivity index (χ1) is 13.5. The van der Waals surface area contributed by atoms with Crippen LogP contribution in [-0.2, 0) is 9.59 Å². The maximum absolute atomic E-state index is 13.0. The predicted octanol–water partition coefficient (Wildman–Crippen LogP) is 1.28. The molecule has 3 rings (SSSR count). The van der Waals surface area contributed by atoms with Crippen LogP contribution in [0.25, 0.3) is 0 Å². The molecule has 0 bridgehead atoms. The van der Waals surface area contributed by atoms with Gasteiger partial charge in [0.05, 0.1) is 32.9 Å². The fraction of sp³-hybridized carbons (Fsp3) is 0.600. The van der Waals surface area contributed by atoms with Crippen LogP contribution in [0.2, 0.25) is 0 Å². The van der Waals surface area contributed by atoms with Gasteiger partial charge in [-0.05, 0) is 19.9 Å². The summed E-state index contributed by atoms with van der Waals surface area (Å²) in [5.41, 5.74) is 0.640. The van der Waals surface area contributed by atoms with Crippen molar-refractivity contribution in [1.29, 1.82) is 0 Å². The fourth-order valence-corrected chi connectivity index (χ4v) is 4.02. The van der Waals surface area contributed by atoms with Gasteiger partial charge in [-0.3, -0.25) is 9.59 Å². The third kappa shape index (κ3) is 3.87. The highest BCUT2D eigenvalue weighted by Gasteiger charge is 2.38. The highest BCUT2D eigenvalue weighted by atomic mass is 16.5. The zero-order valence-electron chi connectivity index (χ0n) is 17.0. The lowest BCUT2D eigenvalue weighted by Crippen LogP contribution is -2.49. The normalized spacial score (nSPS) is 22.4. The van der Waals surface area contributed by atoms with Crippen LogP contribution in [0.5, 0.6) is 17.2 Å². The second-order valence-electron chi connectivity index (χ2n) is 7.20. The molecule has 0 radical (unpaired) electrons. The molecule has 8 nitrogen and oxygen atoms in total. The van der Waals surface area contributed by atoms with Gasteiger partial charge in [-0.25, -0.2) is 0 Å². The standard InChI is InChI=1S/C20H29N3O5/c1-21-14-6-5-7-22(12-14)20(25)13-8-18(24)23(11-13)15-9-16(26-2)19(28-4)17(10-15)27-3/h9-10,13-14,21H,5-8,11-12H2,1-4H3. The van der Waals surface area contributed by atoms with Crippen LogP contribution < -0.4 is 24.4 Å². The third-order valence-electron chi connectivity index (χ3n) is 5.58. The quantitative estimate of drug-likeness (QED) is 0.787. The van der Waals surface area contributed by atoms with Crippen molar-refractivity contribution < 1.29 is 23.8 Å². The van der Waals surface area contributed by atoms with Gasteiger partial charge in [0.2, 0.25) is 17.6 Å². The minimum absolute atomic E-state index is 0.0586. The van der Waals surface area contributed by atoms with Crippen molar-refractivity contribution in [3.63, 3.8) is 0 Å². The summed E-state index contributed by atoms with van der Waals surface area (Å²) >= 11 is 0. The summed E-state index contributed by atoms with van der Waals surface area (Å²) in [7, 11) is 6.53. The number of hydrogen-bond donors (Lipinski definition) is 1. The smallest absolute Gasteiger partial charge is 0.228 e. The van der Waals surface area contributed by atoms with Crippen LogP contribution >= 0.6 is 0 Å². The van der Waals surface area contributed by atoms with Gasteiger partial charge in [0.1, 0.15) is 0 Å². The molecule has 1 N–H and O–H groups in total. The number of carbonyl (C=O) groups excluding carboxylic acids is 2. The van der Waals surface area contributed by atoms with Crippen LogP contribution in [0.1, 0.15) is 19.3 Å². The summed E-state index contributed by atoms with van der Waals surface area (Å²) in [6, 6.07) is 3.80. The van der Waals surface area contributed by atoms with Gasteiger partial charge < -0.3 is 29.3 Å². The van der Waals surface area contributed by atoms with Crippen molar-refractivity contribution >= 4 is 17.5 Å². The Balaban J connectivity index is 1.78. The number of piperidine rings is 1. The molecule has 2 amide bonds. The number of carbonyl (C=O) groups is 2. The molecule has 154 valence electrons. The molecule has 2 aliphatic heterocycles. The first kappa shape index (κ1) is 20.3. The summed E-state index contributed by atoms with van der Waals surface area (Å²) in [5, 5.41) is 3.25. The Hall–Kier alpha value is -2.48. The molecule has 0 spiro atoms. The van der Waals surface area contributed by atoms with E-state index in [0.29, 0.717) is 42.1 Å². The number of likely N-dealkylation sites (N-methyl/N-ethyl adjacent to an activating group) is 1. The largest absolute Gasteiger partial charge is 0.493 e. The van der Waals surface area contributed by atoms with Crippen LogP contribution in [0.4, 0.5) is 5.69 Å².